The van der Waals surface area contributed by atoms with Crippen LogP contribution in [-0.2, 0) is 0 Å². The second kappa shape index (κ2) is 6.43. The lowest BCUT2D eigenvalue weighted by molar-refractivity contribution is 0.598. The molecule has 4 rings (SSSR count). The van der Waals surface area contributed by atoms with E-state index >= 15 is 0 Å². The number of rotatable bonds is 3. The first-order valence-electron chi connectivity index (χ1n) is 8.20. The summed E-state index contributed by atoms with van der Waals surface area (Å²) in [5.41, 5.74) is 2.21. The van der Waals surface area contributed by atoms with Crippen molar-refractivity contribution < 1.29 is 4.39 Å². The number of halogens is 1. The lowest BCUT2D eigenvalue weighted by Crippen LogP contribution is -2.46. The minimum Gasteiger partial charge on any atom is -0.368 e. The van der Waals surface area contributed by atoms with Crippen molar-refractivity contribution in [1.82, 2.24) is 14.8 Å². The number of nitrogens with zero attached hydrogens (tertiary/aromatic N) is 4. The van der Waals surface area contributed by atoms with E-state index in [0.717, 1.165) is 37.6 Å². The molecule has 0 aliphatic carbocycles. The summed E-state index contributed by atoms with van der Waals surface area (Å²) < 4.78 is 15.2. The van der Waals surface area contributed by atoms with Crippen LogP contribution in [0, 0.1) is 5.82 Å². The molecule has 0 unspecified atom stereocenters. The van der Waals surface area contributed by atoms with Crippen LogP contribution in [0.5, 0.6) is 0 Å². The molecule has 128 valence electrons. The number of hydrogen-bond donors (Lipinski definition) is 1. The Balaban J connectivity index is 1.45. The van der Waals surface area contributed by atoms with E-state index in [1.54, 1.807) is 6.07 Å². The first-order valence-corrected chi connectivity index (χ1v) is 8.20. The summed E-state index contributed by atoms with van der Waals surface area (Å²) in [7, 11) is 0. The molecule has 1 N–H and O–H groups in total. The maximum absolute atomic E-state index is 13.9. The smallest absolute Gasteiger partial charge is 0.347 e. The van der Waals surface area contributed by atoms with Gasteiger partial charge in [0.1, 0.15) is 12.1 Å². The second-order valence-electron chi connectivity index (χ2n) is 5.95. The molecule has 1 aromatic heterocycles. The molecule has 0 spiro atoms. The van der Waals surface area contributed by atoms with Crippen molar-refractivity contribution in [3.63, 3.8) is 0 Å². The van der Waals surface area contributed by atoms with Gasteiger partial charge in [0.2, 0.25) is 0 Å². The highest BCUT2D eigenvalue weighted by molar-refractivity contribution is 5.54. The Morgan fingerprint density at radius 1 is 0.880 bits per heavy atom. The van der Waals surface area contributed by atoms with Crippen molar-refractivity contribution in [2.24, 2.45) is 0 Å². The van der Waals surface area contributed by atoms with Crippen LogP contribution >= 0.6 is 0 Å². The zero-order chi connectivity index (χ0) is 17.2. The Morgan fingerprint density at radius 2 is 1.52 bits per heavy atom. The lowest BCUT2D eigenvalue weighted by Gasteiger charge is -2.37. The normalized spacial score (nSPS) is 14.8. The number of aromatic amines is 1. The molecular formula is C18H18FN5O. The molecule has 1 fully saturated rings. The zero-order valence-corrected chi connectivity index (χ0v) is 13.6. The average molecular weight is 339 g/mol. The van der Waals surface area contributed by atoms with Crippen molar-refractivity contribution in [3.8, 4) is 5.69 Å². The summed E-state index contributed by atoms with van der Waals surface area (Å²) in [5.74, 6) is -0.176. The first kappa shape index (κ1) is 15.4. The monoisotopic (exact) mass is 339 g/mol. The van der Waals surface area contributed by atoms with Crippen LogP contribution in [0.4, 0.5) is 15.8 Å². The van der Waals surface area contributed by atoms with Gasteiger partial charge in [0.05, 0.1) is 11.4 Å². The van der Waals surface area contributed by atoms with E-state index in [1.165, 1.54) is 17.1 Å². The summed E-state index contributed by atoms with van der Waals surface area (Å²) >= 11 is 0. The molecule has 2 aromatic carbocycles. The Labute approximate surface area is 144 Å². The Hall–Kier alpha value is -3.09. The van der Waals surface area contributed by atoms with Gasteiger partial charge in [0.25, 0.3) is 0 Å². The molecule has 0 radical (unpaired) electrons. The number of piperazine rings is 1. The number of para-hydroxylation sites is 1. The fourth-order valence-corrected chi connectivity index (χ4v) is 3.16. The number of anilines is 2. The molecule has 0 atom stereocenters. The SMILES string of the molecule is O=c1[nH]cnn1-c1ccc(N2CCN(c3ccccc3F)CC2)cc1. The Kier molecular flexibility index (Phi) is 3.97. The van der Waals surface area contributed by atoms with Crippen LogP contribution in [0.1, 0.15) is 0 Å². The standard InChI is InChI=1S/C18H18FN5O/c19-16-3-1-2-4-17(16)23-11-9-22(10-12-23)14-5-7-15(8-6-14)24-18(25)20-13-21-24/h1-8,13H,9-12H2,(H,20,21,25). The van der Waals surface area contributed by atoms with Gasteiger partial charge in [0, 0.05) is 31.9 Å². The van der Waals surface area contributed by atoms with E-state index in [-0.39, 0.29) is 11.5 Å². The highest BCUT2D eigenvalue weighted by atomic mass is 19.1. The number of hydrogen-bond acceptors (Lipinski definition) is 4. The predicted octanol–water partition coefficient (Wildman–Crippen LogP) is 2.03. The molecule has 1 aliphatic heterocycles. The van der Waals surface area contributed by atoms with Crippen molar-refractivity contribution >= 4 is 11.4 Å². The molecule has 6 nitrogen and oxygen atoms in total. The maximum Gasteiger partial charge on any atom is 0.347 e. The summed E-state index contributed by atoms with van der Waals surface area (Å²) in [6, 6.07) is 14.6. The molecule has 0 bridgehead atoms. The summed E-state index contributed by atoms with van der Waals surface area (Å²) in [6.07, 6.45) is 1.37. The third-order valence-corrected chi connectivity index (χ3v) is 4.49. The van der Waals surface area contributed by atoms with Crippen LogP contribution in [0.2, 0.25) is 0 Å². The van der Waals surface area contributed by atoms with Gasteiger partial charge in [-0.05, 0) is 36.4 Å². The van der Waals surface area contributed by atoms with E-state index in [4.69, 9.17) is 0 Å². The fraction of sp³-hybridized carbons (Fsp3) is 0.222. The van der Waals surface area contributed by atoms with Crippen molar-refractivity contribution in [1.29, 1.82) is 0 Å². The molecule has 25 heavy (non-hydrogen) atoms. The van der Waals surface area contributed by atoms with Gasteiger partial charge in [-0.15, -0.1) is 0 Å². The van der Waals surface area contributed by atoms with Gasteiger partial charge in [-0.1, -0.05) is 12.1 Å². The molecule has 3 aromatic rings. The largest absolute Gasteiger partial charge is 0.368 e. The van der Waals surface area contributed by atoms with Crippen LogP contribution in [0.25, 0.3) is 5.69 Å². The fourth-order valence-electron chi connectivity index (χ4n) is 3.16. The molecule has 1 aliphatic rings. The van der Waals surface area contributed by atoms with Gasteiger partial charge in [-0.3, -0.25) is 4.98 Å². The second-order valence-corrected chi connectivity index (χ2v) is 5.95. The lowest BCUT2D eigenvalue weighted by atomic mass is 10.2. The van der Waals surface area contributed by atoms with E-state index in [2.05, 4.69) is 19.9 Å². The van der Waals surface area contributed by atoms with Gasteiger partial charge in [-0.2, -0.15) is 9.78 Å². The zero-order valence-electron chi connectivity index (χ0n) is 13.6. The first-order chi connectivity index (χ1) is 12.2. The van der Waals surface area contributed by atoms with Gasteiger partial charge in [0.15, 0.2) is 0 Å². The average Bonchev–Trinajstić information content (AvgIpc) is 3.08. The summed E-state index contributed by atoms with van der Waals surface area (Å²) in [4.78, 5) is 18.5. The molecule has 2 heterocycles. The number of benzene rings is 2. The topological polar surface area (TPSA) is 57.2 Å². The van der Waals surface area contributed by atoms with E-state index < -0.39 is 0 Å². The third-order valence-electron chi connectivity index (χ3n) is 4.49. The minimum atomic E-state index is -0.258. The molecule has 7 heteroatoms. The quantitative estimate of drug-likeness (QED) is 0.793. The molecule has 1 saturated heterocycles. The number of H-pyrrole nitrogens is 1. The number of aromatic nitrogens is 3. The molecule has 0 amide bonds. The van der Waals surface area contributed by atoms with Gasteiger partial charge < -0.3 is 9.80 Å². The summed E-state index contributed by atoms with van der Waals surface area (Å²) in [5, 5.41) is 3.97. The van der Waals surface area contributed by atoms with E-state index in [1.807, 2.05) is 36.4 Å². The van der Waals surface area contributed by atoms with Gasteiger partial charge >= 0.3 is 5.69 Å². The van der Waals surface area contributed by atoms with Crippen LogP contribution in [0.15, 0.2) is 59.7 Å². The maximum atomic E-state index is 13.9. The Morgan fingerprint density at radius 3 is 2.16 bits per heavy atom. The highest BCUT2D eigenvalue weighted by Crippen LogP contribution is 2.23. The Bertz CT molecular complexity index is 909. The van der Waals surface area contributed by atoms with Crippen molar-refractivity contribution in [3.05, 3.63) is 71.2 Å². The molecular weight excluding hydrogens is 321 g/mol. The minimum absolute atomic E-state index is 0.176. The summed E-state index contributed by atoms with van der Waals surface area (Å²) in [6.45, 7) is 3.16. The number of nitrogens with one attached hydrogen (secondary N) is 1. The van der Waals surface area contributed by atoms with E-state index in [9.17, 15) is 9.18 Å². The van der Waals surface area contributed by atoms with Crippen LogP contribution < -0.4 is 15.5 Å². The van der Waals surface area contributed by atoms with Gasteiger partial charge in [-0.25, -0.2) is 9.18 Å². The van der Waals surface area contributed by atoms with Crippen molar-refractivity contribution in [2.75, 3.05) is 36.0 Å². The molecule has 0 saturated carbocycles. The van der Waals surface area contributed by atoms with E-state index in [0.29, 0.717) is 5.69 Å². The third kappa shape index (κ3) is 3.00. The van der Waals surface area contributed by atoms with Crippen LogP contribution in [-0.4, -0.2) is 40.9 Å². The van der Waals surface area contributed by atoms with Crippen molar-refractivity contribution in [2.45, 2.75) is 0 Å². The predicted molar refractivity (Wildman–Crippen MR) is 95.0 cm³/mol. The highest BCUT2D eigenvalue weighted by Gasteiger charge is 2.19. The van der Waals surface area contributed by atoms with Crippen LogP contribution in [0.3, 0.4) is 0 Å².